The summed E-state index contributed by atoms with van der Waals surface area (Å²) in [5, 5.41) is 9.23. The van der Waals surface area contributed by atoms with Gasteiger partial charge in [-0.15, -0.1) is 0 Å². The molecule has 86 valence electrons. The minimum atomic E-state index is -2.87. The Balaban J connectivity index is 4.12. The molecule has 0 fully saturated rings. The largest absolute Gasteiger partial charge is 0.393 e. The van der Waals surface area contributed by atoms with Crippen LogP contribution in [0.4, 0.5) is 0 Å². The van der Waals surface area contributed by atoms with E-state index in [0.717, 1.165) is 0 Å². The number of sulfone groups is 1. The summed E-state index contributed by atoms with van der Waals surface area (Å²) in [6.45, 7) is 7.38. The van der Waals surface area contributed by atoms with Gasteiger partial charge in [-0.3, -0.25) is 0 Å². The van der Waals surface area contributed by atoms with E-state index in [-0.39, 0.29) is 23.0 Å². The predicted octanol–water partition coefficient (Wildman–Crippen LogP) is 1.61. The van der Waals surface area contributed by atoms with Gasteiger partial charge in [0.05, 0.1) is 11.9 Å². The summed E-state index contributed by atoms with van der Waals surface area (Å²) >= 11 is 0. The Morgan fingerprint density at radius 1 is 1.36 bits per heavy atom. The SMILES string of the molecule is CCS(=O)(=O)CCC(C)(C)CC(C)O. The van der Waals surface area contributed by atoms with Crippen molar-refractivity contribution >= 4 is 9.84 Å². The van der Waals surface area contributed by atoms with Crippen molar-refractivity contribution in [3.63, 3.8) is 0 Å². The zero-order valence-corrected chi connectivity index (χ0v) is 10.4. The van der Waals surface area contributed by atoms with Crippen molar-refractivity contribution < 1.29 is 13.5 Å². The van der Waals surface area contributed by atoms with Crippen LogP contribution in [0.15, 0.2) is 0 Å². The number of hydrogen-bond acceptors (Lipinski definition) is 3. The van der Waals surface area contributed by atoms with Gasteiger partial charge in [0.1, 0.15) is 9.84 Å². The van der Waals surface area contributed by atoms with E-state index in [1.54, 1.807) is 13.8 Å². The highest BCUT2D eigenvalue weighted by Gasteiger charge is 2.22. The zero-order valence-electron chi connectivity index (χ0n) is 9.58. The third kappa shape index (κ3) is 6.38. The quantitative estimate of drug-likeness (QED) is 0.743. The Morgan fingerprint density at radius 2 is 1.86 bits per heavy atom. The second-order valence-corrected chi connectivity index (χ2v) is 7.18. The molecule has 0 heterocycles. The summed E-state index contributed by atoms with van der Waals surface area (Å²) in [5.74, 6) is 0.432. The lowest BCUT2D eigenvalue weighted by molar-refractivity contribution is 0.127. The van der Waals surface area contributed by atoms with Crippen LogP contribution in [0, 0.1) is 5.41 Å². The second-order valence-electron chi connectivity index (χ2n) is 4.70. The lowest BCUT2D eigenvalue weighted by atomic mass is 9.84. The van der Waals surface area contributed by atoms with E-state index in [4.69, 9.17) is 0 Å². The van der Waals surface area contributed by atoms with E-state index in [2.05, 4.69) is 0 Å². The first-order valence-electron chi connectivity index (χ1n) is 5.07. The van der Waals surface area contributed by atoms with E-state index >= 15 is 0 Å². The summed E-state index contributed by atoms with van der Waals surface area (Å²) in [6, 6.07) is 0. The van der Waals surface area contributed by atoms with Gasteiger partial charge in [0.25, 0.3) is 0 Å². The van der Waals surface area contributed by atoms with Gasteiger partial charge in [-0.1, -0.05) is 20.8 Å². The first-order valence-corrected chi connectivity index (χ1v) is 6.89. The molecule has 0 spiro atoms. The van der Waals surface area contributed by atoms with Crippen molar-refractivity contribution in [2.45, 2.75) is 46.6 Å². The summed E-state index contributed by atoms with van der Waals surface area (Å²) in [4.78, 5) is 0. The maximum absolute atomic E-state index is 11.3. The molecule has 0 rings (SSSR count). The van der Waals surface area contributed by atoms with Crippen molar-refractivity contribution in [1.82, 2.24) is 0 Å². The highest BCUT2D eigenvalue weighted by atomic mass is 32.2. The number of aliphatic hydroxyl groups excluding tert-OH is 1. The van der Waals surface area contributed by atoms with Gasteiger partial charge >= 0.3 is 0 Å². The Hall–Kier alpha value is -0.0900. The monoisotopic (exact) mass is 222 g/mol. The maximum Gasteiger partial charge on any atom is 0.150 e. The van der Waals surface area contributed by atoms with Gasteiger partial charge in [-0.05, 0) is 25.2 Å². The molecule has 1 unspecified atom stereocenters. The molecular weight excluding hydrogens is 200 g/mol. The van der Waals surface area contributed by atoms with Crippen molar-refractivity contribution in [2.24, 2.45) is 5.41 Å². The molecule has 0 saturated heterocycles. The van der Waals surface area contributed by atoms with Gasteiger partial charge in [0.15, 0.2) is 0 Å². The fraction of sp³-hybridized carbons (Fsp3) is 1.00. The second kappa shape index (κ2) is 5.12. The molecule has 0 aliphatic heterocycles. The van der Waals surface area contributed by atoms with Crippen LogP contribution in [-0.2, 0) is 9.84 Å². The molecule has 1 atom stereocenters. The average molecular weight is 222 g/mol. The molecule has 0 aromatic heterocycles. The van der Waals surface area contributed by atoms with Gasteiger partial charge in [-0.2, -0.15) is 0 Å². The lowest BCUT2D eigenvalue weighted by Crippen LogP contribution is -2.22. The highest BCUT2D eigenvalue weighted by molar-refractivity contribution is 7.91. The van der Waals surface area contributed by atoms with Crippen LogP contribution >= 0.6 is 0 Å². The first kappa shape index (κ1) is 13.9. The van der Waals surface area contributed by atoms with Crippen molar-refractivity contribution in [3.8, 4) is 0 Å². The van der Waals surface area contributed by atoms with Gasteiger partial charge in [0.2, 0.25) is 0 Å². The minimum absolute atomic E-state index is 0.101. The third-order valence-electron chi connectivity index (χ3n) is 2.38. The molecule has 3 nitrogen and oxygen atoms in total. The molecule has 0 bridgehead atoms. The molecule has 4 heteroatoms. The number of hydrogen-bond donors (Lipinski definition) is 1. The van der Waals surface area contributed by atoms with Crippen LogP contribution in [0.2, 0.25) is 0 Å². The van der Waals surface area contributed by atoms with Crippen LogP contribution in [0.1, 0.15) is 40.5 Å². The summed E-state index contributed by atoms with van der Waals surface area (Å²) in [6.07, 6.45) is 0.898. The van der Waals surface area contributed by atoms with E-state index in [1.807, 2.05) is 13.8 Å². The molecule has 0 aromatic rings. The van der Waals surface area contributed by atoms with Crippen molar-refractivity contribution in [1.29, 1.82) is 0 Å². The van der Waals surface area contributed by atoms with Crippen molar-refractivity contribution in [3.05, 3.63) is 0 Å². The van der Waals surface area contributed by atoms with Crippen LogP contribution in [0.25, 0.3) is 0 Å². The third-order valence-corrected chi connectivity index (χ3v) is 4.08. The van der Waals surface area contributed by atoms with Gasteiger partial charge in [0, 0.05) is 5.75 Å². The molecule has 0 aliphatic carbocycles. The van der Waals surface area contributed by atoms with Crippen LogP contribution < -0.4 is 0 Å². The molecular formula is C10H22O3S. The van der Waals surface area contributed by atoms with E-state index in [0.29, 0.717) is 12.8 Å². The van der Waals surface area contributed by atoms with Crippen molar-refractivity contribution in [2.75, 3.05) is 11.5 Å². The van der Waals surface area contributed by atoms with E-state index in [1.165, 1.54) is 0 Å². The minimum Gasteiger partial charge on any atom is -0.393 e. The van der Waals surface area contributed by atoms with E-state index in [9.17, 15) is 13.5 Å². The lowest BCUT2D eigenvalue weighted by Gasteiger charge is -2.25. The highest BCUT2D eigenvalue weighted by Crippen LogP contribution is 2.27. The number of aliphatic hydroxyl groups is 1. The Morgan fingerprint density at radius 3 is 2.21 bits per heavy atom. The van der Waals surface area contributed by atoms with Gasteiger partial charge in [-0.25, -0.2) is 8.42 Å². The first-order chi connectivity index (χ1) is 6.18. The molecule has 0 aliphatic rings. The summed E-state index contributed by atoms with van der Waals surface area (Å²) in [5.41, 5.74) is -0.101. The average Bonchev–Trinajstić information content (AvgIpc) is 1.99. The molecule has 0 aromatic carbocycles. The summed E-state index contributed by atoms with van der Waals surface area (Å²) in [7, 11) is -2.87. The standard InChI is InChI=1S/C10H22O3S/c1-5-14(12,13)7-6-10(3,4)8-9(2)11/h9,11H,5-8H2,1-4H3. The predicted molar refractivity (Wildman–Crippen MR) is 59.0 cm³/mol. The molecule has 1 N–H and O–H groups in total. The number of rotatable bonds is 6. The summed E-state index contributed by atoms with van der Waals surface area (Å²) < 4.78 is 22.5. The molecule has 14 heavy (non-hydrogen) atoms. The Bertz CT molecular complexity index is 253. The van der Waals surface area contributed by atoms with E-state index < -0.39 is 9.84 Å². The maximum atomic E-state index is 11.3. The Kier molecular flexibility index (Phi) is 5.09. The molecule has 0 radical (unpaired) electrons. The normalized spacial score (nSPS) is 15.5. The smallest absolute Gasteiger partial charge is 0.150 e. The Labute approximate surface area is 87.4 Å². The fourth-order valence-electron chi connectivity index (χ4n) is 1.48. The van der Waals surface area contributed by atoms with Crippen LogP contribution in [0.5, 0.6) is 0 Å². The van der Waals surface area contributed by atoms with Crippen LogP contribution in [0.3, 0.4) is 0 Å². The van der Waals surface area contributed by atoms with Gasteiger partial charge < -0.3 is 5.11 Å². The van der Waals surface area contributed by atoms with Crippen LogP contribution in [-0.4, -0.2) is 31.1 Å². The topological polar surface area (TPSA) is 54.4 Å². The fourth-order valence-corrected chi connectivity index (χ4v) is 2.63. The molecule has 0 saturated carbocycles. The zero-order chi connectivity index (χ0) is 11.4. The molecule has 0 amide bonds.